The van der Waals surface area contributed by atoms with Crippen molar-refractivity contribution in [2.75, 3.05) is 13.4 Å². The van der Waals surface area contributed by atoms with E-state index in [0.29, 0.717) is 6.42 Å². The minimum Gasteiger partial charge on any atom is -0.438 e. The third-order valence-corrected chi connectivity index (χ3v) is 5.01. The average Bonchev–Trinajstić information content (AvgIpc) is 2.50. The summed E-state index contributed by atoms with van der Waals surface area (Å²) in [6.45, 7) is 9.51. The van der Waals surface area contributed by atoms with E-state index in [9.17, 15) is 4.79 Å². The lowest BCUT2D eigenvalue weighted by molar-refractivity contribution is -0.160. The van der Waals surface area contributed by atoms with E-state index in [4.69, 9.17) is 9.47 Å². The monoisotopic (exact) mass is 284 g/mol. The summed E-state index contributed by atoms with van der Waals surface area (Å²) in [6, 6.07) is 0. The Labute approximate surface area is 124 Å². The van der Waals surface area contributed by atoms with Gasteiger partial charge in [0.15, 0.2) is 6.79 Å². The molecule has 0 aliphatic heterocycles. The highest BCUT2D eigenvalue weighted by Crippen LogP contribution is 2.46. The van der Waals surface area contributed by atoms with Gasteiger partial charge in [0.1, 0.15) is 0 Å². The molecule has 0 aromatic heterocycles. The van der Waals surface area contributed by atoms with Crippen LogP contribution in [0.25, 0.3) is 0 Å². The molecule has 0 amide bonds. The molecule has 3 heteroatoms. The van der Waals surface area contributed by atoms with Gasteiger partial charge in [-0.1, -0.05) is 40.5 Å². The van der Waals surface area contributed by atoms with Crippen molar-refractivity contribution >= 4 is 5.97 Å². The topological polar surface area (TPSA) is 35.5 Å². The Morgan fingerprint density at radius 1 is 1.10 bits per heavy atom. The van der Waals surface area contributed by atoms with E-state index in [0.717, 1.165) is 24.9 Å². The molecular weight excluding hydrogens is 252 g/mol. The zero-order valence-corrected chi connectivity index (χ0v) is 13.7. The smallest absolute Gasteiger partial charge is 0.307 e. The molecule has 118 valence electrons. The lowest BCUT2D eigenvalue weighted by Gasteiger charge is -2.44. The third kappa shape index (κ3) is 5.08. The standard InChI is InChI=1S/C17H32O3/c1-5-14-9-15(6-2)11-17(8-4,10-14)12-19-13-20-16(18)7-3/h14-15H,5-13H2,1-4H3. The summed E-state index contributed by atoms with van der Waals surface area (Å²) in [5.74, 6) is 1.47. The van der Waals surface area contributed by atoms with Crippen LogP contribution in [0.3, 0.4) is 0 Å². The van der Waals surface area contributed by atoms with E-state index in [1.807, 2.05) is 0 Å². The molecule has 0 saturated heterocycles. The summed E-state index contributed by atoms with van der Waals surface area (Å²) in [5.41, 5.74) is 0.290. The van der Waals surface area contributed by atoms with Gasteiger partial charge in [0.25, 0.3) is 0 Å². The second-order valence-electron chi connectivity index (χ2n) is 6.38. The van der Waals surface area contributed by atoms with Crippen LogP contribution < -0.4 is 0 Å². The summed E-state index contributed by atoms with van der Waals surface area (Å²) >= 11 is 0. The highest BCUT2D eigenvalue weighted by Gasteiger charge is 2.38. The quantitative estimate of drug-likeness (QED) is 0.373. The fourth-order valence-electron chi connectivity index (χ4n) is 3.54. The first-order valence-electron chi connectivity index (χ1n) is 8.32. The van der Waals surface area contributed by atoms with Crippen molar-refractivity contribution in [2.24, 2.45) is 17.3 Å². The minimum absolute atomic E-state index is 0.113. The van der Waals surface area contributed by atoms with Gasteiger partial charge in [0.05, 0.1) is 6.61 Å². The van der Waals surface area contributed by atoms with Gasteiger partial charge in [0, 0.05) is 6.42 Å². The van der Waals surface area contributed by atoms with Gasteiger partial charge < -0.3 is 9.47 Å². The summed E-state index contributed by atoms with van der Waals surface area (Å²) < 4.78 is 10.7. The molecule has 20 heavy (non-hydrogen) atoms. The summed E-state index contributed by atoms with van der Waals surface area (Å²) in [5, 5.41) is 0. The number of esters is 1. The van der Waals surface area contributed by atoms with Crippen LogP contribution in [-0.4, -0.2) is 19.4 Å². The predicted molar refractivity (Wildman–Crippen MR) is 81.3 cm³/mol. The van der Waals surface area contributed by atoms with E-state index < -0.39 is 0 Å². The second kappa shape index (κ2) is 8.66. The molecular formula is C17H32O3. The van der Waals surface area contributed by atoms with Crippen LogP contribution in [0, 0.1) is 17.3 Å². The molecule has 0 bridgehead atoms. The van der Waals surface area contributed by atoms with Crippen LogP contribution >= 0.6 is 0 Å². The molecule has 1 aliphatic rings. The van der Waals surface area contributed by atoms with E-state index in [1.165, 1.54) is 32.1 Å². The van der Waals surface area contributed by atoms with E-state index in [2.05, 4.69) is 20.8 Å². The molecule has 0 N–H and O–H groups in total. The second-order valence-corrected chi connectivity index (χ2v) is 6.38. The van der Waals surface area contributed by atoms with Crippen LogP contribution in [0.2, 0.25) is 0 Å². The van der Waals surface area contributed by atoms with Crippen LogP contribution in [0.4, 0.5) is 0 Å². The van der Waals surface area contributed by atoms with Crippen LogP contribution in [0.5, 0.6) is 0 Å². The van der Waals surface area contributed by atoms with Gasteiger partial charge in [-0.15, -0.1) is 0 Å². The Bertz CT molecular complexity index is 276. The molecule has 1 saturated carbocycles. The average molecular weight is 284 g/mol. The lowest BCUT2D eigenvalue weighted by atomic mass is 9.63. The lowest BCUT2D eigenvalue weighted by Crippen LogP contribution is -2.37. The molecule has 0 heterocycles. The normalized spacial score (nSPS) is 30.2. The molecule has 0 spiro atoms. The largest absolute Gasteiger partial charge is 0.438 e. The number of rotatable bonds is 8. The SMILES string of the molecule is CCC(=O)OCOCC1(CC)CC(CC)CC(CC)C1. The van der Waals surface area contributed by atoms with Gasteiger partial charge in [-0.3, -0.25) is 4.79 Å². The summed E-state index contributed by atoms with van der Waals surface area (Å²) in [4.78, 5) is 11.1. The molecule has 0 radical (unpaired) electrons. The van der Waals surface area contributed by atoms with Crippen molar-refractivity contribution < 1.29 is 14.3 Å². The zero-order chi connectivity index (χ0) is 15.0. The zero-order valence-electron chi connectivity index (χ0n) is 13.7. The minimum atomic E-state index is -0.183. The predicted octanol–water partition coefficient (Wildman–Crippen LogP) is 4.55. The first-order chi connectivity index (χ1) is 9.59. The highest BCUT2D eigenvalue weighted by atomic mass is 16.7. The Kier molecular flexibility index (Phi) is 7.57. The summed E-state index contributed by atoms with van der Waals surface area (Å²) in [6.07, 6.45) is 8.00. The van der Waals surface area contributed by atoms with Gasteiger partial charge >= 0.3 is 5.97 Å². The molecule has 1 fully saturated rings. The summed E-state index contributed by atoms with van der Waals surface area (Å²) in [7, 11) is 0. The third-order valence-electron chi connectivity index (χ3n) is 5.01. The van der Waals surface area contributed by atoms with Gasteiger partial charge in [-0.05, 0) is 42.9 Å². The fraction of sp³-hybridized carbons (Fsp3) is 0.941. The number of carbonyl (C=O) groups is 1. The number of hydrogen-bond donors (Lipinski definition) is 0. The van der Waals surface area contributed by atoms with Crippen LogP contribution in [0.1, 0.15) is 72.6 Å². The van der Waals surface area contributed by atoms with Gasteiger partial charge in [0.2, 0.25) is 0 Å². The van der Waals surface area contributed by atoms with E-state index in [1.54, 1.807) is 6.92 Å². The van der Waals surface area contributed by atoms with Crippen molar-refractivity contribution in [3.05, 3.63) is 0 Å². The maximum atomic E-state index is 11.1. The Morgan fingerprint density at radius 2 is 1.70 bits per heavy atom. The first kappa shape index (κ1) is 17.5. The molecule has 2 unspecified atom stereocenters. The number of hydrogen-bond acceptors (Lipinski definition) is 3. The molecule has 3 nitrogen and oxygen atoms in total. The van der Waals surface area contributed by atoms with Crippen LogP contribution in [-0.2, 0) is 14.3 Å². The van der Waals surface area contributed by atoms with Gasteiger partial charge in [-0.2, -0.15) is 0 Å². The van der Waals surface area contributed by atoms with Crippen molar-refractivity contribution in [1.82, 2.24) is 0 Å². The van der Waals surface area contributed by atoms with Crippen molar-refractivity contribution in [2.45, 2.75) is 72.6 Å². The Balaban J connectivity index is 2.49. The number of carbonyl (C=O) groups excluding carboxylic acids is 1. The molecule has 1 rings (SSSR count). The van der Waals surface area contributed by atoms with Gasteiger partial charge in [-0.25, -0.2) is 0 Å². The Morgan fingerprint density at radius 3 is 2.15 bits per heavy atom. The Hall–Kier alpha value is -0.570. The molecule has 0 aromatic carbocycles. The highest BCUT2D eigenvalue weighted by molar-refractivity contribution is 5.68. The number of ether oxygens (including phenoxy) is 2. The first-order valence-corrected chi connectivity index (χ1v) is 8.32. The maximum absolute atomic E-state index is 11.1. The van der Waals surface area contributed by atoms with Crippen LogP contribution in [0.15, 0.2) is 0 Å². The fourth-order valence-corrected chi connectivity index (χ4v) is 3.54. The molecule has 2 atom stereocenters. The van der Waals surface area contributed by atoms with E-state index >= 15 is 0 Å². The maximum Gasteiger partial charge on any atom is 0.307 e. The van der Waals surface area contributed by atoms with Crippen molar-refractivity contribution in [1.29, 1.82) is 0 Å². The molecule has 0 aromatic rings. The molecule has 1 aliphatic carbocycles. The van der Waals surface area contributed by atoms with E-state index in [-0.39, 0.29) is 18.2 Å². The van der Waals surface area contributed by atoms with Crippen molar-refractivity contribution in [3.8, 4) is 0 Å². The van der Waals surface area contributed by atoms with Crippen molar-refractivity contribution in [3.63, 3.8) is 0 Å².